The van der Waals surface area contributed by atoms with Crippen molar-refractivity contribution in [3.05, 3.63) is 65.1 Å². The molecule has 4 rings (SSSR count). The SMILES string of the molecule is O=C(Nc1ccc(-n2cccn2)cc1)[C@@H]1CCCN1C(=O)CCc1cccs1. The Morgan fingerprint density at radius 3 is 2.75 bits per heavy atom. The quantitative estimate of drug-likeness (QED) is 0.696. The molecule has 1 aromatic carbocycles. The molecule has 3 heterocycles. The highest BCUT2D eigenvalue weighted by Gasteiger charge is 2.33. The molecule has 1 fully saturated rings. The second-order valence-electron chi connectivity index (χ2n) is 6.81. The first kappa shape index (κ1) is 18.4. The molecule has 1 saturated heterocycles. The van der Waals surface area contributed by atoms with Crippen LogP contribution in [-0.2, 0) is 16.0 Å². The van der Waals surface area contributed by atoms with Crippen LogP contribution in [0.2, 0.25) is 0 Å². The summed E-state index contributed by atoms with van der Waals surface area (Å²) < 4.78 is 1.76. The molecule has 2 amide bonds. The number of nitrogens with zero attached hydrogens (tertiary/aromatic N) is 3. The second-order valence-corrected chi connectivity index (χ2v) is 7.84. The normalized spacial score (nSPS) is 16.3. The van der Waals surface area contributed by atoms with Crippen LogP contribution >= 0.6 is 11.3 Å². The fourth-order valence-corrected chi connectivity index (χ4v) is 4.22. The van der Waals surface area contributed by atoms with Gasteiger partial charge < -0.3 is 10.2 Å². The summed E-state index contributed by atoms with van der Waals surface area (Å²) in [5.74, 6) is -0.0612. The maximum Gasteiger partial charge on any atom is 0.247 e. The number of amides is 2. The molecule has 1 atom stereocenters. The Balaban J connectivity index is 1.36. The average molecular weight is 395 g/mol. The molecule has 6 nitrogen and oxygen atoms in total. The molecule has 3 aromatic rings. The largest absolute Gasteiger partial charge is 0.331 e. The Hall–Kier alpha value is -2.93. The van der Waals surface area contributed by atoms with Gasteiger partial charge in [-0.05, 0) is 61.0 Å². The molecule has 1 aliphatic heterocycles. The van der Waals surface area contributed by atoms with Gasteiger partial charge in [-0.3, -0.25) is 9.59 Å². The van der Waals surface area contributed by atoms with E-state index in [0.29, 0.717) is 19.4 Å². The maximum absolute atomic E-state index is 12.8. The highest BCUT2D eigenvalue weighted by Crippen LogP contribution is 2.22. The fourth-order valence-electron chi connectivity index (χ4n) is 3.51. The van der Waals surface area contributed by atoms with E-state index >= 15 is 0 Å². The summed E-state index contributed by atoms with van der Waals surface area (Å²) in [6.45, 7) is 0.652. The van der Waals surface area contributed by atoms with Gasteiger partial charge in [-0.15, -0.1) is 11.3 Å². The number of carbonyl (C=O) groups is 2. The lowest BCUT2D eigenvalue weighted by Crippen LogP contribution is -2.43. The second kappa shape index (κ2) is 8.39. The predicted molar refractivity (Wildman–Crippen MR) is 110 cm³/mol. The highest BCUT2D eigenvalue weighted by molar-refractivity contribution is 7.09. The van der Waals surface area contributed by atoms with Gasteiger partial charge in [0.15, 0.2) is 0 Å². The lowest BCUT2D eigenvalue weighted by Gasteiger charge is -2.24. The number of rotatable bonds is 6. The number of aromatic nitrogens is 2. The molecule has 0 unspecified atom stereocenters. The smallest absolute Gasteiger partial charge is 0.247 e. The lowest BCUT2D eigenvalue weighted by atomic mass is 10.1. The van der Waals surface area contributed by atoms with Crippen LogP contribution in [0.4, 0.5) is 5.69 Å². The molecule has 28 heavy (non-hydrogen) atoms. The Kier molecular flexibility index (Phi) is 5.53. The van der Waals surface area contributed by atoms with Gasteiger partial charge in [-0.2, -0.15) is 5.10 Å². The van der Waals surface area contributed by atoms with Crippen molar-refractivity contribution in [1.29, 1.82) is 0 Å². The van der Waals surface area contributed by atoms with Crippen molar-refractivity contribution >= 4 is 28.8 Å². The lowest BCUT2D eigenvalue weighted by molar-refractivity contribution is -0.136. The highest BCUT2D eigenvalue weighted by atomic mass is 32.1. The van der Waals surface area contributed by atoms with Crippen molar-refractivity contribution < 1.29 is 9.59 Å². The molecule has 1 N–H and O–H groups in total. The van der Waals surface area contributed by atoms with Crippen LogP contribution in [-0.4, -0.2) is 39.1 Å². The van der Waals surface area contributed by atoms with Crippen LogP contribution in [0.25, 0.3) is 5.69 Å². The number of nitrogens with one attached hydrogen (secondary N) is 1. The van der Waals surface area contributed by atoms with Crippen LogP contribution in [0.3, 0.4) is 0 Å². The minimum atomic E-state index is -0.387. The summed E-state index contributed by atoms with van der Waals surface area (Å²) >= 11 is 1.66. The summed E-state index contributed by atoms with van der Waals surface area (Å²) in [6, 6.07) is 13.0. The summed E-state index contributed by atoms with van der Waals surface area (Å²) in [4.78, 5) is 28.3. The molecule has 0 aliphatic carbocycles. The zero-order valence-electron chi connectivity index (χ0n) is 15.5. The number of hydrogen-bond donors (Lipinski definition) is 1. The predicted octanol–water partition coefficient (Wildman–Crippen LogP) is 3.50. The Morgan fingerprint density at radius 1 is 1.18 bits per heavy atom. The summed E-state index contributed by atoms with van der Waals surface area (Å²) in [6.07, 6.45) is 6.34. The summed E-state index contributed by atoms with van der Waals surface area (Å²) in [5, 5.41) is 9.16. The van der Waals surface area contributed by atoms with Gasteiger partial charge in [0.05, 0.1) is 5.69 Å². The van der Waals surface area contributed by atoms with Crippen molar-refractivity contribution in [2.75, 3.05) is 11.9 Å². The third-order valence-electron chi connectivity index (χ3n) is 4.94. The van der Waals surface area contributed by atoms with Crippen molar-refractivity contribution in [2.45, 2.75) is 31.7 Å². The van der Waals surface area contributed by atoms with E-state index < -0.39 is 0 Å². The van der Waals surface area contributed by atoms with Crippen LogP contribution in [0.15, 0.2) is 60.2 Å². The van der Waals surface area contributed by atoms with Crippen LogP contribution in [0.5, 0.6) is 0 Å². The van der Waals surface area contributed by atoms with Gasteiger partial charge in [0.1, 0.15) is 6.04 Å². The van der Waals surface area contributed by atoms with Gasteiger partial charge in [-0.25, -0.2) is 4.68 Å². The number of hydrogen-bond acceptors (Lipinski definition) is 4. The zero-order chi connectivity index (χ0) is 19.3. The molecule has 0 spiro atoms. The number of likely N-dealkylation sites (tertiary alicyclic amines) is 1. The van der Waals surface area contributed by atoms with Gasteiger partial charge in [0.2, 0.25) is 11.8 Å². The molecular formula is C21H22N4O2S. The first-order chi connectivity index (χ1) is 13.7. The van der Waals surface area contributed by atoms with E-state index in [0.717, 1.165) is 24.2 Å². The number of carbonyl (C=O) groups excluding carboxylic acids is 2. The third kappa shape index (κ3) is 4.14. The number of aryl methyl sites for hydroxylation is 1. The molecular weight excluding hydrogens is 372 g/mol. The van der Waals surface area contributed by atoms with Crippen LogP contribution in [0.1, 0.15) is 24.1 Å². The molecule has 0 saturated carbocycles. The van der Waals surface area contributed by atoms with Gasteiger partial charge in [-0.1, -0.05) is 6.07 Å². The molecule has 7 heteroatoms. The first-order valence-corrected chi connectivity index (χ1v) is 10.3. The van der Waals surface area contributed by atoms with Crippen LogP contribution in [0, 0.1) is 0 Å². The third-order valence-corrected chi connectivity index (χ3v) is 5.88. The van der Waals surface area contributed by atoms with Crippen molar-refractivity contribution in [3.63, 3.8) is 0 Å². The topological polar surface area (TPSA) is 67.2 Å². The fraction of sp³-hybridized carbons (Fsp3) is 0.286. The standard InChI is InChI=1S/C21H22N4O2S/c26-20(11-10-18-4-2-15-28-18)24-13-1-5-19(24)21(27)23-16-6-8-17(9-7-16)25-14-3-12-22-25/h2-4,6-9,12,14-15,19H,1,5,10-11,13H2,(H,23,27)/t19-/m0/s1. The van der Waals surface area contributed by atoms with Crippen molar-refractivity contribution in [3.8, 4) is 5.69 Å². The Bertz CT molecular complexity index is 920. The van der Waals surface area contributed by atoms with Gasteiger partial charge in [0, 0.05) is 35.9 Å². The van der Waals surface area contributed by atoms with E-state index in [4.69, 9.17) is 0 Å². The minimum Gasteiger partial charge on any atom is -0.331 e. The Labute approximate surface area is 167 Å². The average Bonchev–Trinajstić information content (AvgIpc) is 3.49. The van der Waals surface area contributed by atoms with Gasteiger partial charge >= 0.3 is 0 Å². The summed E-state index contributed by atoms with van der Waals surface area (Å²) in [7, 11) is 0. The molecule has 0 radical (unpaired) electrons. The Morgan fingerprint density at radius 2 is 2.04 bits per heavy atom. The summed E-state index contributed by atoms with van der Waals surface area (Å²) in [5.41, 5.74) is 1.65. The number of benzene rings is 1. The molecule has 0 bridgehead atoms. The first-order valence-electron chi connectivity index (χ1n) is 9.43. The van der Waals surface area contributed by atoms with E-state index in [1.165, 1.54) is 4.88 Å². The maximum atomic E-state index is 12.8. The molecule has 144 valence electrons. The van der Waals surface area contributed by atoms with E-state index in [2.05, 4.69) is 10.4 Å². The molecule has 1 aliphatic rings. The van der Waals surface area contributed by atoms with E-state index in [1.807, 2.05) is 54.0 Å². The van der Waals surface area contributed by atoms with E-state index in [1.54, 1.807) is 27.1 Å². The monoisotopic (exact) mass is 394 g/mol. The zero-order valence-corrected chi connectivity index (χ0v) is 16.3. The van der Waals surface area contributed by atoms with E-state index in [-0.39, 0.29) is 17.9 Å². The van der Waals surface area contributed by atoms with E-state index in [9.17, 15) is 9.59 Å². The molecule has 2 aromatic heterocycles. The number of thiophene rings is 1. The van der Waals surface area contributed by atoms with Crippen LogP contribution < -0.4 is 5.32 Å². The number of anilines is 1. The minimum absolute atomic E-state index is 0.0556. The van der Waals surface area contributed by atoms with Crippen molar-refractivity contribution in [1.82, 2.24) is 14.7 Å². The van der Waals surface area contributed by atoms with Gasteiger partial charge in [0.25, 0.3) is 0 Å². The van der Waals surface area contributed by atoms with Crippen molar-refractivity contribution in [2.24, 2.45) is 0 Å².